The fraction of sp³-hybridized carbons (Fsp3) is 1.00. The zero-order valence-electron chi connectivity index (χ0n) is 9.05. The summed E-state index contributed by atoms with van der Waals surface area (Å²) in [5.74, 6) is 0. The lowest BCUT2D eigenvalue weighted by atomic mass is 10.2. The number of hydrogen-bond acceptors (Lipinski definition) is 3. The van der Waals surface area contributed by atoms with E-state index in [1.165, 1.54) is 13.0 Å². The SMILES string of the molecule is CNC(C)CCN1CCOCC1C. The normalized spacial score (nSPS) is 27.5. The standard InChI is InChI=1S/C10H22N2O/c1-9(11-3)4-5-12-6-7-13-8-10(12)2/h9-11H,4-8H2,1-3H3. The van der Waals surface area contributed by atoms with Crippen molar-refractivity contribution < 1.29 is 4.74 Å². The summed E-state index contributed by atoms with van der Waals surface area (Å²) in [6.45, 7) is 8.55. The first-order chi connectivity index (χ1) is 6.24. The number of ether oxygens (including phenoxy) is 1. The van der Waals surface area contributed by atoms with Gasteiger partial charge in [-0.2, -0.15) is 0 Å². The van der Waals surface area contributed by atoms with Crippen LogP contribution in [0.2, 0.25) is 0 Å². The topological polar surface area (TPSA) is 24.5 Å². The zero-order valence-corrected chi connectivity index (χ0v) is 9.05. The molecule has 0 aromatic rings. The van der Waals surface area contributed by atoms with Gasteiger partial charge in [0.15, 0.2) is 0 Å². The Kier molecular flexibility index (Phi) is 4.70. The van der Waals surface area contributed by atoms with E-state index < -0.39 is 0 Å². The molecule has 3 heteroatoms. The van der Waals surface area contributed by atoms with E-state index in [0.717, 1.165) is 19.8 Å². The van der Waals surface area contributed by atoms with Crippen LogP contribution < -0.4 is 5.32 Å². The Hall–Kier alpha value is -0.120. The van der Waals surface area contributed by atoms with Crippen molar-refractivity contribution in [2.45, 2.75) is 32.4 Å². The molecule has 1 aliphatic heterocycles. The Morgan fingerprint density at radius 3 is 3.00 bits per heavy atom. The zero-order chi connectivity index (χ0) is 9.68. The number of hydrogen-bond donors (Lipinski definition) is 1. The molecule has 0 saturated carbocycles. The maximum Gasteiger partial charge on any atom is 0.0619 e. The Bertz CT molecular complexity index is 141. The summed E-state index contributed by atoms with van der Waals surface area (Å²) >= 11 is 0. The lowest BCUT2D eigenvalue weighted by molar-refractivity contribution is -0.00150. The van der Waals surface area contributed by atoms with Crippen LogP contribution in [0.1, 0.15) is 20.3 Å². The van der Waals surface area contributed by atoms with Gasteiger partial charge in [0.2, 0.25) is 0 Å². The van der Waals surface area contributed by atoms with Gasteiger partial charge in [0, 0.05) is 25.2 Å². The Balaban J connectivity index is 2.18. The summed E-state index contributed by atoms with van der Waals surface area (Å²) in [6, 6.07) is 1.22. The van der Waals surface area contributed by atoms with Crippen LogP contribution in [0.4, 0.5) is 0 Å². The molecule has 1 saturated heterocycles. The predicted octanol–water partition coefficient (Wildman–Crippen LogP) is 0.705. The van der Waals surface area contributed by atoms with E-state index in [-0.39, 0.29) is 0 Å². The van der Waals surface area contributed by atoms with Crippen LogP contribution >= 0.6 is 0 Å². The van der Waals surface area contributed by atoms with E-state index in [2.05, 4.69) is 24.1 Å². The Morgan fingerprint density at radius 1 is 1.62 bits per heavy atom. The third kappa shape index (κ3) is 3.63. The van der Waals surface area contributed by atoms with Crippen LogP contribution in [0.3, 0.4) is 0 Å². The summed E-state index contributed by atoms with van der Waals surface area (Å²) in [5, 5.41) is 3.26. The smallest absolute Gasteiger partial charge is 0.0619 e. The molecule has 1 fully saturated rings. The minimum atomic E-state index is 0.595. The second-order valence-electron chi connectivity index (χ2n) is 3.94. The van der Waals surface area contributed by atoms with Crippen molar-refractivity contribution in [2.24, 2.45) is 0 Å². The highest BCUT2D eigenvalue weighted by Gasteiger charge is 2.18. The molecule has 0 amide bonds. The van der Waals surface area contributed by atoms with E-state index in [0.29, 0.717) is 12.1 Å². The molecule has 13 heavy (non-hydrogen) atoms. The first kappa shape index (κ1) is 11.0. The summed E-state index contributed by atoms with van der Waals surface area (Å²) in [5.41, 5.74) is 0. The van der Waals surface area contributed by atoms with Gasteiger partial charge in [0.05, 0.1) is 13.2 Å². The van der Waals surface area contributed by atoms with Crippen molar-refractivity contribution in [3.05, 3.63) is 0 Å². The van der Waals surface area contributed by atoms with Crippen LogP contribution in [-0.4, -0.2) is 50.3 Å². The van der Waals surface area contributed by atoms with E-state index in [4.69, 9.17) is 4.74 Å². The number of morpholine rings is 1. The van der Waals surface area contributed by atoms with Gasteiger partial charge in [-0.15, -0.1) is 0 Å². The summed E-state index contributed by atoms with van der Waals surface area (Å²) in [7, 11) is 2.02. The summed E-state index contributed by atoms with van der Waals surface area (Å²) in [6.07, 6.45) is 1.22. The first-order valence-corrected chi connectivity index (χ1v) is 5.23. The highest BCUT2D eigenvalue weighted by atomic mass is 16.5. The molecule has 2 atom stereocenters. The van der Waals surface area contributed by atoms with E-state index in [1.54, 1.807) is 0 Å². The monoisotopic (exact) mass is 186 g/mol. The first-order valence-electron chi connectivity index (χ1n) is 5.23. The minimum Gasteiger partial charge on any atom is -0.379 e. The molecule has 1 rings (SSSR count). The van der Waals surface area contributed by atoms with Crippen molar-refractivity contribution in [1.82, 2.24) is 10.2 Å². The van der Waals surface area contributed by atoms with Crippen LogP contribution in [0.5, 0.6) is 0 Å². The third-order valence-electron chi connectivity index (χ3n) is 2.85. The van der Waals surface area contributed by atoms with Gasteiger partial charge in [0.1, 0.15) is 0 Å². The fourth-order valence-corrected chi connectivity index (χ4v) is 1.60. The van der Waals surface area contributed by atoms with Crippen molar-refractivity contribution in [2.75, 3.05) is 33.4 Å². The molecule has 0 aromatic carbocycles. The number of nitrogens with zero attached hydrogens (tertiary/aromatic N) is 1. The second-order valence-corrected chi connectivity index (χ2v) is 3.94. The van der Waals surface area contributed by atoms with Gasteiger partial charge >= 0.3 is 0 Å². The van der Waals surface area contributed by atoms with Crippen molar-refractivity contribution >= 4 is 0 Å². The van der Waals surface area contributed by atoms with Gasteiger partial charge in [-0.25, -0.2) is 0 Å². The van der Waals surface area contributed by atoms with Gasteiger partial charge in [-0.05, 0) is 27.3 Å². The van der Waals surface area contributed by atoms with Gasteiger partial charge in [-0.3, -0.25) is 4.90 Å². The maximum absolute atomic E-state index is 5.39. The Labute approximate surface area is 81.4 Å². The second kappa shape index (κ2) is 5.58. The molecule has 2 unspecified atom stereocenters. The van der Waals surface area contributed by atoms with Gasteiger partial charge < -0.3 is 10.1 Å². The van der Waals surface area contributed by atoms with E-state index in [1.807, 2.05) is 7.05 Å². The van der Waals surface area contributed by atoms with Crippen molar-refractivity contribution in [3.63, 3.8) is 0 Å². The van der Waals surface area contributed by atoms with Crippen LogP contribution in [0.15, 0.2) is 0 Å². The summed E-state index contributed by atoms with van der Waals surface area (Å²) in [4.78, 5) is 2.51. The average molecular weight is 186 g/mol. The van der Waals surface area contributed by atoms with Crippen molar-refractivity contribution in [1.29, 1.82) is 0 Å². The molecule has 0 radical (unpaired) electrons. The molecule has 1 N–H and O–H groups in total. The highest BCUT2D eigenvalue weighted by Crippen LogP contribution is 2.07. The molecule has 1 heterocycles. The van der Waals surface area contributed by atoms with E-state index in [9.17, 15) is 0 Å². The molecule has 0 bridgehead atoms. The van der Waals surface area contributed by atoms with Crippen LogP contribution in [-0.2, 0) is 4.74 Å². The average Bonchev–Trinajstić information content (AvgIpc) is 2.16. The molecule has 3 nitrogen and oxygen atoms in total. The predicted molar refractivity (Wildman–Crippen MR) is 55.0 cm³/mol. The molecule has 78 valence electrons. The van der Waals surface area contributed by atoms with Crippen LogP contribution in [0.25, 0.3) is 0 Å². The van der Waals surface area contributed by atoms with Crippen molar-refractivity contribution in [3.8, 4) is 0 Å². The largest absolute Gasteiger partial charge is 0.379 e. The Morgan fingerprint density at radius 2 is 2.38 bits per heavy atom. The highest BCUT2D eigenvalue weighted by molar-refractivity contribution is 4.72. The van der Waals surface area contributed by atoms with E-state index >= 15 is 0 Å². The lowest BCUT2D eigenvalue weighted by Gasteiger charge is -2.33. The molecule has 0 aromatic heterocycles. The lowest BCUT2D eigenvalue weighted by Crippen LogP contribution is -2.45. The third-order valence-corrected chi connectivity index (χ3v) is 2.85. The molecule has 0 spiro atoms. The molecule has 0 aliphatic carbocycles. The van der Waals surface area contributed by atoms with Gasteiger partial charge in [-0.1, -0.05) is 0 Å². The minimum absolute atomic E-state index is 0.595. The quantitative estimate of drug-likeness (QED) is 0.699. The maximum atomic E-state index is 5.39. The fourth-order valence-electron chi connectivity index (χ4n) is 1.60. The van der Waals surface area contributed by atoms with Crippen LogP contribution in [0, 0.1) is 0 Å². The number of rotatable bonds is 4. The molecular weight excluding hydrogens is 164 g/mol. The summed E-state index contributed by atoms with van der Waals surface area (Å²) < 4.78 is 5.39. The van der Waals surface area contributed by atoms with Gasteiger partial charge in [0.25, 0.3) is 0 Å². The molecular formula is C10H22N2O. The molecule has 1 aliphatic rings. The number of nitrogens with one attached hydrogen (secondary N) is 1.